The van der Waals surface area contributed by atoms with Gasteiger partial charge in [-0.05, 0) is 97.9 Å². The van der Waals surface area contributed by atoms with Crippen LogP contribution in [0, 0.1) is 18.6 Å². The molecule has 8 nitrogen and oxygen atoms in total. The van der Waals surface area contributed by atoms with E-state index in [4.69, 9.17) is 28.3 Å². The number of furan rings is 2. The zero-order valence-electron chi connectivity index (χ0n) is 29.2. The average molecular weight is 720 g/mol. The SMILES string of the molecule is CNC(=O)c1c(-c2ccc(F)cc2)oc2ccc3c(c12)Cc1cccc(n1)COc1ccc2oc(-c4ccc(F)cc4)c(C)c2c1Cc1cccc(n1)O3. The van der Waals surface area contributed by atoms with E-state index in [1.165, 1.54) is 24.3 Å². The zero-order valence-corrected chi connectivity index (χ0v) is 29.2. The Kier molecular flexibility index (Phi) is 8.15. The van der Waals surface area contributed by atoms with Crippen LogP contribution in [0.2, 0.25) is 0 Å². The number of carbonyl (C=O) groups is 1. The van der Waals surface area contributed by atoms with Crippen molar-refractivity contribution in [3.05, 3.63) is 160 Å². The first-order valence-corrected chi connectivity index (χ1v) is 17.4. The number of carbonyl (C=O) groups excluding carboxylic acids is 1. The van der Waals surface area contributed by atoms with Crippen molar-refractivity contribution in [1.29, 1.82) is 0 Å². The first kappa shape index (κ1) is 33.1. The third kappa shape index (κ3) is 5.91. The van der Waals surface area contributed by atoms with Gasteiger partial charge in [0.25, 0.3) is 5.91 Å². The van der Waals surface area contributed by atoms with Gasteiger partial charge >= 0.3 is 0 Å². The van der Waals surface area contributed by atoms with Crippen LogP contribution in [0.4, 0.5) is 8.78 Å². The second-order valence-corrected chi connectivity index (χ2v) is 13.1. The van der Waals surface area contributed by atoms with Crippen LogP contribution >= 0.6 is 0 Å². The Balaban J connectivity index is 1.22. The molecule has 4 aromatic carbocycles. The van der Waals surface area contributed by atoms with E-state index in [1.54, 1.807) is 49.5 Å². The van der Waals surface area contributed by atoms with Gasteiger partial charge in [0.2, 0.25) is 5.88 Å². The van der Waals surface area contributed by atoms with Gasteiger partial charge < -0.3 is 23.6 Å². The molecule has 0 spiro atoms. The molecule has 9 rings (SSSR count). The number of halogens is 2. The summed E-state index contributed by atoms with van der Waals surface area (Å²) in [5.41, 5.74) is 7.32. The van der Waals surface area contributed by atoms with Crippen molar-refractivity contribution in [2.45, 2.75) is 26.4 Å². The van der Waals surface area contributed by atoms with Crippen LogP contribution in [0.5, 0.6) is 17.4 Å². The minimum atomic E-state index is -0.400. The summed E-state index contributed by atoms with van der Waals surface area (Å²) in [6, 6.07) is 30.7. The molecular formula is C44H31F2N3O5. The van der Waals surface area contributed by atoms with Gasteiger partial charge in [-0.2, -0.15) is 0 Å². The maximum atomic E-state index is 13.9. The van der Waals surface area contributed by atoms with E-state index in [2.05, 4.69) is 5.32 Å². The van der Waals surface area contributed by atoms with Crippen molar-refractivity contribution >= 4 is 27.8 Å². The van der Waals surface area contributed by atoms with E-state index < -0.39 is 5.82 Å². The summed E-state index contributed by atoms with van der Waals surface area (Å²) in [6.07, 6.45) is 0.667. The number of hydrogen-bond donors (Lipinski definition) is 1. The topological polar surface area (TPSA) is 99.6 Å². The number of rotatable bonds is 3. The number of pyridine rings is 2. The highest BCUT2D eigenvalue weighted by molar-refractivity contribution is 6.12. The highest BCUT2D eigenvalue weighted by Crippen LogP contribution is 2.42. The number of nitrogens with one attached hydrogen (secondary N) is 1. The van der Waals surface area contributed by atoms with E-state index >= 15 is 0 Å². The lowest BCUT2D eigenvalue weighted by Gasteiger charge is -2.14. The summed E-state index contributed by atoms with van der Waals surface area (Å²) in [5.74, 6) is 1.34. The summed E-state index contributed by atoms with van der Waals surface area (Å²) in [4.78, 5) is 23.5. The Morgan fingerprint density at radius 2 is 1.22 bits per heavy atom. The molecule has 4 aromatic heterocycles. The lowest BCUT2D eigenvalue weighted by atomic mass is 9.97. The van der Waals surface area contributed by atoms with Gasteiger partial charge in [-0.1, -0.05) is 12.1 Å². The van der Waals surface area contributed by atoms with Crippen LogP contribution in [0.25, 0.3) is 44.6 Å². The van der Waals surface area contributed by atoms with Crippen molar-refractivity contribution < 1.29 is 31.9 Å². The Morgan fingerprint density at radius 1 is 0.648 bits per heavy atom. The summed E-state index contributed by atoms with van der Waals surface area (Å²) in [5, 5.41) is 4.19. The molecule has 0 saturated heterocycles. The van der Waals surface area contributed by atoms with E-state index in [0.717, 1.165) is 27.8 Å². The van der Waals surface area contributed by atoms with Crippen molar-refractivity contribution in [3.63, 3.8) is 0 Å². The second kappa shape index (κ2) is 13.3. The predicted octanol–water partition coefficient (Wildman–Crippen LogP) is 10.1. The van der Waals surface area contributed by atoms with Gasteiger partial charge in [-0.3, -0.25) is 9.78 Å². The predicted molar refractivity (Wildman–Crippen MR) is 200 cm³/mol. The van der Waals surface area contributed by atoms with E-state index in [9.17, 15) is 13.6 Å². The molecule has 0 saturated carbocycles. The maximum Gasteiger partial charge on any atom is 0.255 e. The molecule has 5 heterocycles. The molecule has 1 amide bonds. The molecule has 0 radical (unpaired) electrons. The Hall–Kier alpha value is -6.81. The molecule has 54 heavy (non-hydrogen) atoms. The van der Waals surface area contributed by atoms with Crippen molar-refractivity contribution in [1.82, 2.24) is 15.3 Å². The van der Waals surface area contributed by atoms with Gasteiger partial charge in [0, 0.05) is 75.9 Å². The molecule has 8 aromatic rings. The lowest BCUT2D eigenvalue weighted by molar-refractivity contribution is 0.0964. The highest BCUT2D eigenvalue weighted by atomic mass is 19.1. The number of benzene rings is 4. The number of fused-ring (bicyclic) bond motifs is 10. The average Bonchev–Trinajstić information content (AvgIpc) is 3.74. The van der Waals surface area contributed by atoms with Crippen LogP contribution in [0.1, 0.15) is 44.1 Å². The van der Waals surface area contributed by atoms with Crippen LogP contribution < -0.4 is 14.8 Å². The first-order chi connectivity index (χ1) is 26.3. The minimum absolute atomic E-state index is 0.180. The first-order valence-electron chi connectivity index (χ1n) is 17.4. The summed E-state index contributed by atoms with van der Waals surface area (Å²) >= 11 is 0. The smallest absolute Gasteiger partial charge is 0.255 e. The number of hydrogen-bond acceptors (Lipinski definition) is 7. The number of amides is 1. The van der Waals surface area contributed by atoms with E-state index in [0.29, 0.717) is 80.0 Å². The van der Waals surface area contributed by atoms with Gasteiger partial charge in [0.15, 0.2) is 0 Å². The van der Waals surface area contributed by atoms with E-state index in [-0.39, 0.29) is 24.8 Å². The van der Waals surface area contributed by atoms with Gasteiger partial charge in [0.1, 0.15) is 52.4 Å². The summed E-state index contributed by atoms with van der Waals surface area (Å²) in [7, 11) is 1.55. The lowest BCUT2D eigenvalue weighted by Crippen LogP contribution is -2.18. The molecule has 1 aliphatic heterocycles. The van der Waals surface area contributed by atoms with Crippen molar-refractivity contribution in [2.24, 2.45) is 0 Å². The molecule has 0 unspecified atom stereocenters. The fourth-order valence-corrected chi connectivity index (χ4v) is 7.20. The maximum absolute atomic E-state index is 13.9. The van der Waals surface area contributed by atoms with Crippen LogP contribution in [0.15, 0.2) is 118 Å². The molecule has 4 bridgehead atoms. The van der Waals surface area contributed by atoms with Crippen LogP contribution in [-0.2, 0) is 19.4 Å². The van der Waals surface area contributed by atoms with Gasteiger partial charge in [-0.25, -0.2) is 13.8 Å². The number of aromatic nitrogens is 2. The van der Waals surface area contributed by atoms with Gasteiger partial charge in [-0.15, -0.1) is 0 Å². The summed E-state index contributed by atoms with van der Waals surface area (Å²) < 4.78 is 53.5. The monoisotopic (exact) mass is 719 g/mol. The molecule has 1 N–H and O–H groups in total. The fraction of sp³-hybridized carbons (Fsp3) is 0.114. The van der Waals surface area contributed by atoms with E-state index in [1.807, 2.05) is 49.4 Å². The normalized spacial score (nSPS) is 12.6. The molecular weight excluding hydrogens is 688 g/mol. The molecule has 0 aliphatic carbocycles. The molecule has 1 aliphatic rings. The summed E-state index contributed by atoms with van der Waals surface area (Å²) in [6.45, 7) is 2.17. The second-order valence-electron chi connectivity index (χ2n) is 13.1. The highest BCUT2D eigenvalue weighted by Gasteiger charge is 2.27. The molecule has 0 atom stereocenters. The minimum Gasteiger partial charge on any atom is -0.487 e. The quantitative estimate of drug-likeness (QED) is 0.194. The number of ether oxygens (including phenoxy) is 2. The third-order valence-electron chi connectivity index (χ3n) is 9.70. The van der Waals surface area contributed by atoms with Crippen LogP contribution in [0.3, 0.4) is 0 Å². The standard InChI is InChI=1S/C44H31F2N3O5/c1-24-39-32-22-30-6-4-8-38(49-30)52-35-18-20-37-40(41(44(50)47-2)43(54-37)26-11-15-28(46)16-12-26)33(35)21-29-5-3-7-31(48-29)23-51-34(32)17-19-36(39)53-42(24)25-9-13-27(45)14-10-25/h3-20H,21-23H2,1-2H3,(H,47,50). The molecule has 10 heteroatoms. The van der Waals surface area contributed by atoms with Crippen molar-refractivity contribution in [2.75, 3.05) is 7.05 Å². The zero-order chi connectivity index (χ0) is 36.9. The Labute approximate surface area is 308 Å². The molecule has 266 valence electrons. The van der Waals surface area contributed by atoms with Crippen molar-refractivity contribution in [3.8, 4) is 40.0 Å². The fourth-order valence-electron chi connectivity index (χ4n) is 7.20. The van der Waals surface area contributed by atoms with Crippen LogP contribution in [-0.4, -0.2) is 22.9 Å². The number of nitrogens with zero attached hydrogens (tertiary/aromatic N) is 2. The largest absolute Gasteiger partial charge is 0.487 e. The molecule has 0 fully saturated rings. The Morgan fingerprint density at radius 3 is 1.93 bits per heavy atom. The Bertz CT molecular complexity index is 2740. The van der Waals surface area contributed by atoms with Gasteiger partial charge in [0.05, 0.1) is 11.3 Å². The number of aryl methyl sites for hydroxylation is 1. The third-order valence-corrected chi connectivity index (χ3v) is 9.70.